The van der Waals surface area contributed by atoms with E-state index in [0.717, 1.165) is 17.1 Å². The molecule has 1 amide bonds. The summed E-state index contributed by atoms with van der Waals surface area (Å²) in [6.45, 7) is 5.29. The minimum atomic E-state index is -0.598. The first kappa shape index (κ1) is 18.4. The zero-order valence-corrected chi connectivity index (χ0v) is 16.5. The topological polar surface area (TPSA) is 88.8 Å². The highest BCUT2D eigenvalue weighted by Gasteiger charge is 2.31. The molecule has 0 aliphatic carbocycles. The maximum absolute atomic E-state index is 12.5. The molecule has 3 heterocycles. The van der Waals surface area contributed by atoms with Crippen molar-refractivity contribution >= 4 is 27.9 Å². The molecule has 8 nitrogen and oxygen atoms in total. The Balaban J connectivity index is 1.63. The van der Waals surface area contributed by atoms with Gasteiger partial charge in [-0.25, -0.2) is 4.98 Å². The molecule has 1 atom stereocenters. The Kier molecular flexibility index (Phi) is 4.99. The van der Waals surface area contributed by atoms with Crippen molar-refractivity contribution in [3.63, 3.8) is 0 Å². The summed E-state index contributed by atoms with van der Waals surface area (Å²) in [5.74, 6) is 0.539. The highest BCUT2D eigenvalue weighted by atomic mass is 32.1. The molecular weight excluding hydrogens is 378 g/mol. The van der Waals surface area contributed by atoms with Gasteiger partial charge in [0, 0.05) is 18.3 Å². The highest BCUT2D eigenvalue weighted by Crippen LogP contribution is 2.34. The first-order valence-electron chi connectivity index (χ1n) is 9.20. The third-order valence-corrected chi connectivity index (χ3v) is 5.34. The summed E-state index contributed by atoms with van der Waals surface area (Å²) < 4.78 is 7.24. The largest absolute Gasteiger partial charge is 0.477 e. The number of aryl methyl sites for hydroxylation is 1. The molecule has 9 heteroatoms. The maximum atomic E-state index is 12.5. The van der Waals surface area contributed by atoms with Gasteiger partial charge in [-0.3, -0.25) is 9.59 Å². The first-order chi connectivity index (χ1) is 13.5. The lowest BCUT2D eigenvalue weighted by Gasteiger charge is -2.35. The third kappa shape index (κ3) is 3.57. The summed E-state index contributed by atoms with van der Waals surface area (Å²) >= 11 is 1.38. The zero-order valence-electron chi connectivity index (χ0n) is 15.7. The van der Waals surface area contributed by atoms with E-state index in [4.69, 9.17) is 4.74 Å². The van der Waals surface area contributed by atoms with Crippen LogP contribution < -0.4 is 20.5 Å². The number of fused-ring (bicyclic) bond motifs is 2. The van der Waals surface area contributed by atoms with Crippen molar-refractivity contribution in [3.05, 3.63) is 51.4 Å². The monoisotopic (exact) mass is 399 g/mol. The van der Waals surface area contributed by atoms with Crippen LogP contribution in [0.3, 0.4) is 0 Å². The Morgan fingerprint density at radius 1 is 1.39 bits per heavy atom. The molecule has 0 unspecified atom stereocenters. The Morgan fingerprint density at radius 2 is 2.21 bits per heavy atom. The Morgan fingerprint density at radius 3 is 3.04 bits per heavy atom. The van der Waals surface area contributed by atoms with Crippen LogP contribution in [0.4, 0.5) is 5.69 Å². The average molecular weight is 399 g/mol. The Bertz CT molecular complexity index is 1080. The number of hydrogen-bond acceptors (Lipinski definition) is 7. The quantitative estimate of drug-likeness (QED) is 0.703. The second-order valence-corrected chi connectivity index (χ2v) is 7.71. The number of amides is 1. The summed E-state index contributed by atoms with van der Waals surface area (Å²) in [5.41, 5.74) is 1.38. The van der Waals surface area contributed by atoms with Crippen LogP contribution in [0.25, 0.3) is 4.96 Å². The van der Waals surface area contributed by atoms with Crippen LogP contribution in [0.5, 0.6) is 5.75 Å². The Labute approximate surface area is 165 Å². The van der Waals surface area contributed by atoms with Crippen LogP contribution in [0, 0.1) is 6.92 Å². The minimum Gasteiger partial charge on any atom is -0.477 e. The van der Waals surface area contributed by atoms with Gasteiger partial charge < -0.3 is 15.0 Å². The van der Waals surface area contributed by atoms with Crippen molar-refractivity contribution in [2.75, 3.05) is 18.0 Å². The molecule has 0 bridgehead atoms. The summed E-state index contributed by atoms with van der Waals surface area (Å²) in [6.07, 6.45) is 0.268. The molecule has 0 saturated carbocycles. The number of ether oxygens (including phenoxy) is 1. The fourth-order valence-electron chi connectivity index (χ4n) is 3.14. The number of anilines is 1. The highest BCUT2D eigenvalue weighted by molar-refractivity contribution is 7.16. The van der Waals surface area contributed by atoms with Crippen molar-refractivity contribution in [3.8, 4) is 5.75 Å². The fourth-order valence-corrected chi connectivity index (χ4v) is 4.10. The van der Waals surface area contributed by atoms with Crippen LogP contribution in [-0.4, -0.2) is 39.7 Å². The Hall–Kier alpha value is -2.94. The number of benzene rings is 1. The maximum Gasteiger partial charge on any atom is 0.275 e. The summed E-state index contributed by atoms with van der Waals surface area (Å²) in [4.78, 5) is 31.6. The molecule has 0 fully saturated rings. The second-order valence-electron chi connectivity index (χ2n) is 6.67. The average Bonchev–Trinajstić information content (AvgIpc) is 3.08. The number of aromatic nitrogens is 3. The van der Waals surface area contributed by atoms with Crippen LogP contribution in [-0.2, 0) is 11.3 Å². The van der Waals surface area contributed by atoms with Crippen molar-refractivity contribution in [1.29, 1.82) is 0 Å². The number of hydrogen-bond donors (Lipinski definition) is 1. The number of rotatable bonds is 5. The van der Waals surface area contributed by atoms with Gasteiger partial charge in [-0.05, 0) is 25.5 Å². The van der Waals surface area contributed by atoms with Crippen LogP contribution in [0.15, 0.2) is 35.1 Å². The molecule has 1 aliphatic heterocycles. The molecule has 0 spiro atoms. The normalized spacial score (nSPS) is 15.9. The minimum absolute atomic E-state index is 0.126. The van der Waals surface area contributed by atoms with Crippen molar-refractivity contribution in [2.45, 2.75) is 32.9 Å². The van der Waals surface area contributed by atoms with Crippen molar-refractivity contribution < 1.29 is 9.53 Å². The van der Waals surface area contributed by atoms with E-state index in [1.165, 1.54) is 21.9 Å². The molecule has 28 heavy (non-hydrogen) atoms. The standard InChI is InChI=1S/C19H21N5O3S/c1-3-8-20-18(26)15-10-23(13-6-4-5-7-14(13)27-15)11-16-22-24-17(25)9-12(2)21-19(24)28-16/h4-7,9,15H,3,8,10-11H2,1-2H3,(H,20,26)/t15-/m1/s1. The van der Waals surface area contributed by atoms with Crippen LogP contribution >= 0.6 is 11.3 Å². The van der Waals surface area contributed by atoms with Gasteiger partial charge in [0.05, 0.1) is 18.8 Å². The van der Waals surface area contributed by atoms with Gasteiger partial charge >= 0.3 is 0 Å². The SMILES string of the molecule is CCCNC(=O)[C@H]1CN(Cc2nn3c(=O)cc(C)nc3s2)c2ccccc2O1. The first-order valence-corrected chi connectivity index (χ1v) is 10.0. The summed E-state index contributed by atoms with van der Waals surface area (Å²) in [6, 6.07) is 9.09. The van der Waals surface area contributed by atoms with Gasteiger partial charge in [-0.1, -0.05) is 30.4 Å². The molecule has 146 valence electrons. The van der Waals surface area contributed by atoms with E-state index in [1.807, 2.05) is 31.2 Å². The van der Waals surface area contributed by atoms with Gasteiger partial charge in [0.25, 0.3) is 11.5 Å². The zero-order chi connectivity index (χ0) is 19.7. The number of carbonyl (C=O) groups is 1. The fraction of sp³-hybridized carbons (Fsp3) is 0.368. The second kappa shape index (κ2) is 7.59. The van der Waals surface area contributed by atoms with E-state index in [1.54, 1.807) is 6.92 Å². The lowest BCUT2D eigenvalue weighted by molar-refractivity contribution is -0.127. The van der Waals surface area contributed by atoms with E-state index >= 15 is 0 Å². The third-order valence-electron chi connectivity index (χ3n) is 4.44. The summed E-state index contributed by atoms with van der Waals surface area (Å²) in [5, 5.41) is 8.06. The van der Waals surface area contributed by atoms with Gasteiger partial charge in [0.2, 0.25) is 4.96 Å². The molecule has 1 aromatic carbocycles. The number of nitrogens with zero attached hydrogens (tertiary/aromatic N) is 4. The molecule has 0 radical (unpaired) electrons. The van der Waals surface area contributed by atoms with Gasteiger partial charge in [0.15, 0.2) is 6.10 Å². The molecule has 0 saturated heterocycles. The van der Waals surface area contributed by atoms with E-state index < -0.39 is 6.10 Å². The van der Waals surface area contributed by atoms with Crippen LogP contribution in [0.2, 0.25) is 0 Å². The molecule has 3 aromatic rings. The van der Waals surface area contributed by atoms with E-state index in [9.17, 15) is 9.59 Å². The van der Waals surface area contributed by atoms with E-state index in [2.05, 4.69) is 20.3 Å². The van der Waals surface area contributed by atoms with E-state index in [0.29, 0.717) is 36.0 Å². The lowest BCUT2D eigenvalue weighted by Crippen LogP contribution is -2.48. The van der Waals surface area contributed by atoms with Gasteiger partial charge in [-0.15, -0.1) is 0 Å². The lowest BCUT2D eigenvalue weighted by atomic mass is 10.1. The predicted octanol–water partition coefficient (Wildman–Crippen LogP) is 1.75. The predicted molar refractivity (Wildman–Crippen MR) is 107 cm³/mol. The van der Waals surface area contributed by atoms with Crippen molar-refractivity contribution in [1.82, 2.24) is 19.9 Å². The summed E-state index contributed by atoms with van der Waals surface area (Å²) in [7, 11) is 0. The molecular formula is C19H21N5O3S. The number of nitrogens with one attached hydrogen (secondary N) is 1. The molecule has 4 rings (SSSR count). The molecule has 1 aliphatic rings. The number of para-hydroxylation sites is 2. The molecule has 1 N–H and O–H groups in total. The number of carbonyl (C=O) groups excluding carboxylic acids is 1. The van der Waals surface area contributed by atoms with Crippen LogP contribution in [0.1, 0.15) is 24.0 Å². The van der Waals surface area contributed by atoms with E-state index in [-0.39, 0.29) is 11.5 Å². The van der Waals surface area contributed by atoms with Gasteiger partial charge in [0.1, 0.15) is 10.8 Å². The molecule has 2 aromatic heterocycles. The van der Waals surface area contributed by atoms with Gasteiger partial charge in [-0.2, -0.15) is 9.61 Å². The smallest absolute Gasteiger partial charge is 0.275 e. The van der Waals surface area contributed by atoms with Crippen molar-refractivity contribution in [2.24, 2.45) is 0 Å².